The van der Waals surface area contributed by atoms with Crippen LogP contribution in [0.1, 0.15) is 17.0 Å². The first-order valence-corrected chi connectivity index (χ1v) is 4.20. The van der Waals surface area contributed by atoms with Gasteiger partial charge in [-0.05, 0) is 13.8 Å². The van der Waals surface area contributed by atoms with Crippen LogP contribution >= 0.6 is 0 Å². The number of nitrogens with zero attached hydrogens (tertiary/aromatic N) is 3. The SMILES string of the molecule is Cc1nnc(C)c2c1CC(=O)N2C. The van der Waals surface area contributed by atoms with Gasteiger partial charge >= 0.3 is 0 Å². The minimum absolute atomic E-state index is 0.121. The van der Waals surface area contributed by atoms with Crippen LogP contribution in [0, 0.1) is 13.8 Å². The summed E-state index contributed by atoms with van der Waals surface area (Å²) in [5, 5.41) is 7.98. The third-order valence-corrected chi connectivity index (χ3v) is 2.45. The summed E-state index contributed by atoms with van der Waals surface area (Å²) in [6, 6.07) is 0. The molecule has 4 nitrogen and oxygen atoms in total. The van der Waals surface area contributed by atoms with Gasteiger partial charge in [0.25, 0.3) is 0 Å². The molecule has 1 aromatic rings. The van der Waals surface area contributed by atoms with Gasteiger partial charge in [-0.2, -0.15) is 10.2 Å². The molecular formula is C9H11N3O. The van der Waals surface area contributed by atoms with Crippen molar-refractivity contribution >= 4 is 11.6 Å². The molecule has 1 aromatic heterocycles. The Balaban J connectivity index is 2.68. The van der Waals surface area contributed by atoms with Crippen LogP contribution in [0.4, 0.5) is 5.69 Å². The Morgan fingerprint density at radius 2 is 1.85 bits per heavy atom. The molecule has 2 rings (SSSR count). The molecule has 1 aliphatic rings. The largest absolute Gasteiger partial charge is 0.313 e. The van der Waals surface area contributed by atoms with E-state index in [-0.39, 0.29) is 5.91 Å². The number of amides is 1. The summed E-state index contributed by atoms with van der Waals surface area (Å²) < 4.78 is 0. The van der Waals surface area contributed by atoms with Gasteiger partial charge in [-0.25, -0.2) is 0 Å². The molecule has 0 spiro atoms. The van der Waals surface area contributed by atoms with E-state index in [1.54, 1.807) is 11.9 Å². The maximum atomic E-state index is 11.4. The van der Waals surface area contributed by atoms with E-state index in [1.807, 2.05) is 13.8 Å². The summed E-state index contributed by atoms with van der Waals surface area (Å²) in [5.41, 5.74) is 3.66. The molecule has 0 bridgehead atoms. The summed E-state index contributed by atoms with van der Waals surface area (Å²) in [4.78, 5) is 13.1. The molecular weight excluding hydrogens is 166 g/mol. The number of hydrogen-bond acceptors (Lipinski definition) is 3. The topological polar surface area (TPSA) is 46.1 Å². The zero-order chi connectivity index (χ0) is 9.59. The Labute approximate surface area is 76.6 Å². The number of anilines is 1. The lowest BCUT2D eigenvalue weighted by Gasteiger charge is -2.11. The lowest BCUT2D eigenvalue weighted by Crippen LogP contribution is -2.21. The fourth-order valence-electron chi connectivity index (χ4n) is 1.70. The van der Waals surface area contributed by atoms with Crippen molar-refractivity contribution in [2.45, 2.75) is 20.3 Å². The second-order valence-electron chi connectivity index (χ2n) is 3.33. The molecule has 0 N–H and O–H groups in total. The van der Waals surface area contributed by atoms with Crippen LogP contribution in [0.25, 0.3) is 0 Å². The zero-order valence-corrected chi connectivity index (χ0v) is 7.96. The van der Waals surface area contributed by atoms with Crippen molar-refractivity contribution in [3.05, 3.63) is 17.0 Å². The summed E-state index contributed by atoms with van der Waals surface area (Å²) in [7, 11) is 1.78. The molecule has 0 aromatic carbocycles. The second-order valence-corrected chi connectivity index (χ2v) is 3.33. The summed E-state index contributed by atoms with van der Waals surface area (Å²) >= 11 is 0. The van der Waals surface area contributed by atoms with Crippen molar-refractivity contribution in [1.29, 1.82) is 0 Å². The minimum Gasteiger partial charge on any atom is -0.313 e. The normalized spacial score (nSPS) is 15.0. The van der Waals surface area contributed by atoms with Gasteiger partial charge in [0.15, 0.2) is 0 Å². The fraction of sp³-hybridized carbons (Fsp3) is 0.444. The smallest absolute Gasteiger partial charge is 0.231 e. The average Bonchev–Trinajstić information content (AvgIpc) is 2.38. The fourth-order valence-corrected chi connectivity index (χ4v) is 1.70. The van der Waals surface area contributed by atoms with Crippen molar-refractivity contribution in [2.75, 3.05) is 11.9 Å². The third kappa shape index (κ3) is 1.02. The van der Waals surface area contributed by atoms with E-state index in [9.17, 15) is 4.79 Å². The Hall–Kier alpha value is -1.45. The molecule has 13 heavy (non-hydrogen) atoms. The van der Waals surface area contributed by atoms with E-state index in [4.69, 9.17) is 0 Å². The zero-order valence-electron chi connectivity index (χ0n) is 7.96. The van der Waals surface area contributed by atoms with Crippen molar-refractivity contribution in [3.63, 3.8) is 0 Å². The predicted molar refractivity (Wildman–Crippen MR) is 48.6 cm³/mol. The van der Waals surface area contributed by atoms with E-state index < -0.39 is 0 Å². The highest BCUT2D eigenvalue weighted by atomic mass is 16.2. The highest BCUT2D eigenvalue weighted by Crippen LogP contribution is 2.30. The van der Waals surface area contributed by atoms with Gasteiger partial charge in [-0.1, -0.05) is 0 Å². The van der Waals surface area contributed by atoms with E-state index in [0.717, 1.165) is 22.6 Å². The van der Waals surface area contributed by atoms with Crippen LogP contribution in [0.15, 0.2) is 0 Å². The number of carbonyl (C=O) groups excluding carboxylic acids is 1. The molecule has 2 heterocycles. The number of hydrogen-bond donors (Lipinski definition) is 0. The van der Waals surface area contributed by atoms with Crippen molar-refractivity contribution in [3.8, 4) is 0 Å². The highest BCUT2D eigenvalue weighted by Gasteiger charge is 2.28. The number of aryl methyl sites for hydroxylation is 2. The van der Waals surface area contributed by atoms with Gasteiger partial charge in [0, 0.05) is 12.6 Å². The number of fused-ring (bicyclic) bond motifs is 1. The first-order valence-electron chi connectivity index (χ1n) is 4.20. The van der Waals surface area contributed by atoms with Gasteiger partial charge in [-0.3, -0.25) is 4.79 Å². The Morgan fingerprint density at radius 1 is 1.23 bits per heavy atom. The number of likely N-dealkylation sites (N-methyl/N-ethyl adjacent to an activating group) is 1. The van der Waals surface area contributed by atoms with Crippen LogP contribution in [0.2, 0.25) is 0 Å². The van der Waals surface area contributed by atoms with Gasteiger partial charge in [0.1, 0.15) is 0 Å². The molecule has 0 saturated carbocycles. The minimum atomic E-state index is 0.121. The van der Waals surface area contributed by atoms with Crippen LogP contribution in [0.5, 0.6) is 0 Å². The lowest BCUT2D eigenvalue weighted by atomic mass is 10.1. The maximum Gasteiger partial charge on any atom is 0.231 e. The summed E-state index contributed by atoms with van der Waals surface area (Å²) in [5.74, 6) is 0.121. The second kappa shape index (κ2) is 2.52. The Kier molecular flexibility index (Phi) is 1.58. The first kappa shape index (κ1) is 8.16. The molecule has 0 atom stereocenters. The first-order chi connectivity index (χ1) is 6.11. The molecule has 68 valence electrons. The molecule has 1 amide bonds. The highest BCUT2D eigenvalue weighted by molar-refractivity contribution is 6.01. The monoisotopic (exact) mass is 177 g/mol. The molecule has 1 aliphatic heterocycles. The van der Waals surface area contributed by atoms with Gasteiger partial charge in [0.2, 0.25) is 5.91 Å². The van der Waals surface area contributed by atoms with E-state index >= 15 is 0 Å². The standard InChI is InChI=1S/C9H11N3O/c1-5-7-4-8(13)12(3)9(7)6(2)11-10-5/h4H2,1-3H3. The summed E-state index contributed by atoms with van der Waals surface area (Å²) in [6.45, 7) is 3.76. The van der Waals surface area contributed by atoms with Gasteiger partial charge < -0.3 is 4.90 Å². The number of carbonyl (C=O) groups is 1. The Bertz CT molecular complexity index is 387. The van der Waals surface area contributed by atoms with Crippen molar-refractivity contribution in [2.24, 2.45) is 0 Å². The average molecular weight is 177 g/mol. The van der Waals surface area contributed by atoms with Crippen LogP contribution < -0.4 is 4.90 Å². The van der Waals surface area contributed by atoms with Gasteiger partial charge in [0.05, 0.1) is 23.5 Å². The molecule has 0 saturated heterocycles. The molecule has 0 unspecified atom stereocenters. The Morgan fingerprint density at radius 3 is 2.46 bits per heavy atom. The molecule has 4 heteroatoms. The van der Waals surface area contributed by atoms with Crippen LogP contribution in [0.3, 0.4) is 0 Å². The number of aromatic nitrogens is 2. The predicted octanol–water partition coefficient (Wildman–Crippen LogP) is 0.612. The molecule has 0 fully saturated rings. The van der Waals surface area contributed by atoms with Crippen LogP contribution in [-0.4, -0.2) is 23.2 Å². The van der Waals surface area contributed by atoms with E-state index in [1.165, 1.54) is 0 Å². The van der Waals surface area contributed by atoms with Crippen molar-refractivity contribution in [1.82, 2.24) is 10.2 Å². The third-order valence-electron chi connectivity index (χ3n) is 2.45. The molecule has 0 radical (unpaired) electrons. The maximum absolute atomic E-state index is 11.4. The van der Waals surface area contributed by atoms with E-state index in [0.29, 0.717) is 6.42 Å². The quantitative estimate of drug-likeness (QED) is 0.583. The van der Waals surface area contributed by atoms with Gasteiger partial charge in [-0.15, -0.1) is 0 Å². The summed E-state index contributed by atoms with van der Waals surface area (Å²) in [6.07, 6.45) is 0.466. The van der Waals surface area contributed by atoms with Crippen LogP contribution in [-0.2, 0) is 11.2 Å². The lowest BCUT2D eigenvalue weighted by molar-refractivity contribution is -0.117. The van der Waals surface area contributed by atoms with Crippen molar-refractivity contribution < 1.29 is 4.79 Å². The molecule has 0 aliphatic carbocycles. The number of rotatable bonds is 0. The van der Waals surface area contributed by atoms with E-state index in [2.05, 4.69) is 10.2 Å².